The predicted octanol–water partition coefficient (Wildman–Crippen LogP) is 4.71. The summed E-state index contributed by atoms with van der Waals surface area (Å²) < 4.78 is 5.88. The largest absolute Gasteiger partial charge is 0.440 e. The monoisotopic (exact) mass is 271 g/mol. The maximum atomic E-state index is 12.0. The summed E-state index contributed by atoms with van der Waals surface area (Å²) in [7, 11) is 0. The third-order valence-corrected chi connectivity index (χ3v) is 4.17. The van der Waals surface area contributed by atoms with Gasteiger partial charge in [-0.3, -0.25) is 4.79 Å². The topological polar surface area (TPSA) is 43.1 Å². The zero-order valence-corrected chi connectivity index (χ0v) is 12.2. The Morgan fingerprint density at radius 1 is 1.25 bits per heavy atom. The van der Waals surface area contributed by atoms with E-state index in [0.717, 1.165) is 22.6 Å². The van der Waals surface area contributed by atoms with Gasteiger partial charge in [0.1, 0.15) is 5.52 Å². The molecule has 106 valence electrons. The molecule has 0 amide bonds. The van der Waals surface area contributed by atoms with Gasteiger partial charge in [-0.2, -0.15) is 0 Å². The molecule has 1 fully saturated rings. The van der Waals surface area contributed by atoms with Gasteiger partial charge in [0.25, 0.3) is 0 Å². The van der Waals surface area contributed by atoms with E-state index >= 15 is 0 Å². The minimum absolute atomic E-state index is 0.0113. The van der Waals surface area contributed by atoms with Gasteiger partial charge < -0.3 is 4.42 Å². The number of ketones is 1. The summed E-state index contributed by atoms with van der Waals surface area (Å²) in [5.41, 5.74) is 2.35. The highest BCUT2D eigenvalue weighted by molar-refractivity contribution is 5.99. The number of carbonyl (C=O) groups is 1. The number of aromatic nitrogens is 1. The smallest absolute Gasteiger partial charge is 0.198 e. The molecular weight excluding hydrogens is 250 g/mol. The Labute approximate surface area is 119 Å². The van der Waals surface area contributed by atoms with Gasteiger partial charge in [0, 0.05) is 17.4 Å². The van der Waals surface area contributed by atoms with E-state index in [9.17, 15) is 4.79 Å². The van der Waals surface area contributed by atoms with E-state index in [4.69, 9.17) is 4.42 Å². The van der Waals surface area contributed by atoms with Gasteiger partial charge in [-0.15, -0.1) is 0 Å². The molecule has 20 heavy (non-hydrogen) atoms. The maximum absolute atomic E-state index is 12.0. The third-order valence-electron chi connectivity index (χ3n) is 4.17. The molecule has 0 atom stereocenters. The maximum Gasteiger partial charge on any atom is 0.198 e. The molecule has 2 aromatic rings. The summed E-state index contributed by atoms with van der Waals surface area (Å²) in [5.74, 6) is 1.49. The van der Waals surface area contributed by atoms with Crippen LogP contribution >= 0.6 is 0 Å². The molecule has 0 aliphatic heterocycles. The minimum Gasteiger partial charge on any atom is -0.440 e. The first kappa shape index (κ1) is 13.3. The Balaban J connectivity index is 1.92. The van der Waals surface area contributed by atoms with Crippen molar-refractivity contribution in [3.05, 3.63) is 29.7 Å². The van der Waals surface area contributed by atoms with Crippen LogP contribution in [0.15, 0.2) is 22.6 Å². The van der Waals surface area contributed by atoms with Crippen molar-refractivity contribution in [2.75, 3.05) is 0 Å². The van der Waals surface area contributed by atoms with Crippen LogP contribution in [0.1, 0.15) is 68.1 Å². The first-order valence-electron chi connectivity index (χ1n) is 7.60. The van der Waals surface area contributed by atoms with Crippen LogP contribution in [0.3, 0.4) is 0 Å². The van der Waals surface area contributed by atoms with Gasteiger partial charge in [0.05, 0.1) is 0 Å². The van der Waals surface area contributed by atoms with Crippen molar-refractivity contribution < 1.29 is 9.21 Å². The molecule has 0 saturated heterocycles. The number of carbonyl (C=O) groups excluding carboxylic acids is 1. The first-order chi connectivity index (χ1) is 9.65. The highest BCUT2D eigenvalue weighted by Crippen LogP contribution is 2.33. The van der Waals surface area contributed by atoms with Gasteiger partial charge >= 0.3 is 0 Å². The zero-order chi connectivity index (χ0) is 14.1. The SMILES string of the molecule is CC(C)C(=O)c1ccc2oc(C3CCCCC3)nc2c1. The fourth-order valence-corrected chi connectivity index (χ4v) is 2.96. The van der Waals surface area contributed by atoms with E-state index in [1.807, 2.05) is 32.0 Å². The summed E-state index contributed by atoms with van der Waals surface area (Å²) >= 11 is 0. The summed E-state index contributed by atoms with van der Waals surface area (Å²) in [4.78, 5) is 16.7. The van der Waals surface area contributed by atoms with Crippen molar-refractivity contribution in [3.8, 4) is 0 Å². The fourth-order valence-electron chi connectivity index (χ4n) is 2.96. The Morgan fingerprint density at radius 2 is 2.00 bits per heavy atom. The van der Waals surface area contributed by atoms with Crippen LogP contribution in [-0.4, -0.2) is 10.8 Å². The lowest BCUT2D eigenvalue weighted by Gasteiger charge is -2.17. The standard InChI is InChI=1S/C17H21NO2/c1-11(2)16(19)13-8-9-15-14(10-13)18-17(20-15)12-6-4-3-5-7-12/h8-12H,3-7H2,1-2H3. The zero-order valence-electron chi connectivity index (χ0n) is 12.2. The second-order valence-corrected chi connectivity index (χ2v) is 6.09. The molecule has 0 spiro atoms. The Kier molecular flexibility index (Phi) is 3.60. The van der Waals surface area contributed by atoms with Crippen molar-refractivity contribution in [2.45, 2.75) is 51.9 Å². The predicted molar refractivity (Wildman–Crippen MR) is 79.0 cm³/mol. The normalized spacial score (nSPS) is 16.9. The lowest BCUT2D eigenvalue weighted by Crippen LogP contribution is -2.06. The average molecular weight is 271 g/mol. The molecule has 0 bridgehead atoms. The van der Waals surface area contributed by atoms with Gasteiger partial charge in [0.2, 0.25) is 0 Å². The molecule has 1 aliphatic carbocycles. The first-order valence-corrected chi connectivity index (χ1v) is 7.60. The highest BCUT2D eigenvalue weighted by atomic mass is 16.3. The molecule has 0 N–H and O–H groups in total. The third kappa shape index (κ3) is 2.49. The second-order valence-electron chi connectivity index (χ2n) is 6.09. The molecule has 3 rings (SSSR count). The van der Waals surface area contributed by atoms with Crippen molar-refractivity contribution in [1.82, 2.24) is 4.98 Å². The number of benzene rings is 1. The Morgan fingerprint density at radius 3 is 2.70 bits per heavy atom. The summed E-state index contributed by atoms with van der Waals surface area (Å²) in [6.45, 7) is 3.84. The molecule has 1 aliphatic rings. The van der Waals surface area contributed by atoms with Gasteiger partial charge in [-0.1, -0.05) is 33.1 Å². The van der Waals surface area contributed by atoms with Crippen molar-refractivity contribution in [1.29, 1.82) is 0 Å². The number of hydrogen-bond donors (Lipinski definition) is 0. The number of fused-ring (bicyclic) bond motifs is 1. The van der Waals surface area contributed by atoms with Crippen LogP contribution < -0.4 is 0 Å². The van der Waals surface area contributed by atoms with E-state index in [-0.39, 0.29) is 11.7 Å². The number of Topliss-reactive ketones (excluding diaryl/α,β-unsaturated/α-hetero) is 1. The van der Waals surface area contributed by atoms with Crippen LogP contribution in [0.25, 0.3) is 11.1 Å². The summed E-state index contributed by atoms with van der Waals surface area (Å²) in [6, 6.07) is 5.60. The average Bonchev–Trinajstić information content (AvgIpc) is 2.90. The molecule has 3 nitrogen and oxygen atoms in total. The van der Waals surface area contributed by atoms with Crippen molar-refractivity contribution in [2.24, 2.45) is 5.92 Å². The molecule has 3 heteroatoms. The van der Waals surface area contributed by atoms with Crippen molar-refractivity contribution >= 4 is 16.9 Å². The molecule has 0 unspecified atom stereocenters. The fraction of sp³-hybridized carbons (Fsp3) is 0.529. The Bertz CT molecular complexity index is 621. The minimum atomic E-state index is 0.0113. The highest BCUT2D eigenvalue weighted by Gasteiger charge is 2.21. The van der Waals surface area contributed by atoms with E-state index < -0.39 is 0 Å². The molecule has 1 aromatic heterocycles. The lowest BCUT2D eigenvalue weighted by molar-refractivity contribution is 0.0939. The van der Waals surface area contributed by atoms with E-state index in [2.05, 4.69) is 4.98 Å². The number of rotatable bonds is 3. The summed E-state index contributed by atoms with van der Waals surface area (Å²) in [5, 5.41) is 0. The van der Waals surface area contributed by atoms with Crippen LogP contribution in [0, 0.1) is 5.92 Å². The van der Waals surface area contributed by atoms with Gasteiger partial charge in [0.15, 0.2) is 17.3 Å². The lowest BCUT2D eigenvalue weighted by atomic mass is 9.89. The number of hydrogen-bond acceptors (Lipinski definition) is 3. The number of oxazole rings is 1. The van der Waals surface area contributed by atoms with Crippen molar-refractivity contribution in [3.63, 3.8) is 0 Å². The molecular formula is C17H21NO2. The van der Waals surface area contributed by atoms with Crippen LogP contribution in [0.4, 0.5) is 0 Å². The second kappa shape index (κ2) is 5.39. The molecule has 0 radical (unpaired) electrons. The molecule has 1 aromatic carbocycles. The van der Waals surface area contributed by atoms with Gasteiger partial charge in [-0.25, -0.2) is 4.98 Å². The van der Waals surface area contributed by atoms with E-state index in [0.29, 0.717) is 5.92 Å². The molecule has 1 heterocycles. The molecule has 1 saturated carbocycles. The quantitative estimate of drug-likeness (QED) is 0.759. The number of nitrogens with zero attached hydrogens (tertiary/aromatic N) is 1. The van der Waals surface area contributed by atoms with Crippen LogP contribution in [0.2, 0.25) is 0 Å². The summed E-state index contributed by atoms with van der Waals surface area (Å²) in [6.07, 6.45) is 6.19. The Hall–Kier alpha value is -1.64. The van der Waals surface area contributed by atoms with E-state index in [1.165, 1.54) is 32.1 Å². The van der Waals surface area contributed by atoms with E-state index in [1.54, 1.807) is 0 Å². The van der Waals surface area contributed by atoms with Gasteiger partial charge in [-0.05, 0) is 31.0 Å². The van der Waals surface area contributed by atoms with Crippen LogP contribution in [-0.2, 0) is 0 Å². The van der Waals surface area contributed by atoms with Crippen LogP contribution in [0.5, 0.6) is 0 Å².